The molecule has 0 unspecified atom stereocenters. The van der Waals surface area contributed by atoms with Gasteiger partial charge in [0.2, 0.25) is 0 Å². The van der Waals surface area contributed by atoms with E-state index in [0.717, 1.165) is 4.70 Å². The fourth-order valence-corrected chi connectivity index (χ4v) is 3.89. The van der Waals surface area contributed by atoms with E-state index in [4.69, 9.17) is 14.2 Å². The molecule has 3 aromatic rings. The molecule has 162 valence electrons. The fraction of sp³-hybridized carbons (Fsp3) is 0.250. The van der Waals surface area contributed by atoms with Crippen LogP contribution in [0.1, 0.15) is 17.3 Å². The van der Waals surface area contributed by atoms with Crippen LogP contribution in [-0.2, 0) is 16.1 Å². The Balaban J connectivity index is 2.13. The number of nitro benzene ring substituents is 1. The lowest BCUT2D eigenvalue weighted by molar-refractivity contribution is -0.384. The molecule has 0 bridgehead atoms. The number of aromatic nitrogens is 1. The second kappa shape index (κ2) is 9.39. The Morgan fingerprint density at radius 2 is 1.77 bits per heavy atom. The van der Waals surface area contributed by atoms with Crippen LogP contribution in [0.25, 0.3) is 10.2 Å². The highest BCUT2D eigenvalue weighted by molar-refractivity contribution is 7.16. The minimum absolute atomic E-state index is 0.130. The van der Waals surface area contributed by atoms with Crippen molar-refractivity contribution in [2.24, 2.45) is 4.99 Å². The number of nitrogens with zero attached hydrogens (tertiary/aromatic N) is 3. The molecule has 0 aliphatic rings. The van der Waals surface area contributed by atoms with Gasteiger partial charge in [-0.15, -0.1) is 0 Å². The van der Waals surface area contributed by atoms with Gasteiger partial charge in [0.25, 0.3) is 11.6 Å². The van der Waals surface area contributed by atoms with Gasteiger partial charge in [0, 0.05) is 29.8 Å². The zero-order chi connectivity index (χ0) is 22.5. The van der Waals surface area contributed by atoms with E-state index >= 15 is 0 Å². The average molecular weight is 445 g/mol. The SMILES string of the molecule is CCOC(=O)Cn1c(=NC(=O)c2ccc([N+](=O)[O-])cc2)sc2cc(OC)c(OC)cc21. The van der Waals surface area contributed by atoms with Crippen molar-refractivity contribution in [3.8, 4) is 11.5 Å². The van der Waals surface area contributed by atoms with Crippen molar-refractivity contribution >= 4 is 39.1 Å². The molecule has 11 heteroatoms. The second-order valence-corrected chi connectivity index (χ2v) is 7.18. The standard InChI is InChI=1S/C20H19N3O7S/c1-4-30-18(24)11-22-14-9-15(28-2)16(29-3)10-17(14)31-20(22)21-19(25)12-5-7-13(8-6-12)23(26)27/h5-10H,4,11H2,1-3H3. The van der Waals surface area contributed by atoms with Crippen LogP contribution >= 0.6 is 11.3 Å². The molecule has 0 radical (unpaired) electrons. The van der Waals surface area contributed by atoms with Crippen LogP contribution in [0, 0.1) is 10.1 Å². The molecule has 0 aliphatic heterocycles. The van der Waals surface area contributed by atoms with Gasteiger partial charge in [0.05, 0.1) is 36.0 Å². The molecular weight excluding hydrogens is 426 g/mol. The first-order valence-electron chi connectivity index (χ1n) is 9.12. The summed E-state index contributed by atoms with van der Waals surface area (Å²) in [5.41, 5.74) is 0.668. The molecular formula is C20H19N3O7S. The van der Waals surface area contributed by atoms with E-state index < -0.39 is 16.8 Å². The highest BCUT2D eigenvalue weighted by Crippen LogP contribution is 2.33. The van der Waals surface area contributed by atoms with Crippen LogP contribution < -0.4 is 14.3 Å². The van der Waals surface area contributed by atoms with Crippen molar-refractivity contribution in [2.75, 3.05) is 20.8 Å². The molecule has 2 aromatic carbocycles. The third-order valence-corrected chi connectivity index (χ3v) is 5.34. The first-order valence-corrected chi connectivity index (χ1v) is 9.94. The Morgan fingerprint density at radius 3 is 2.35 bits per heavy atom. The van der Waals surface area contributed by atoms with E-state index in [1.54, 1.807) is 23.6 Å². The third kappa shape index (κ3) is 4.72. The van der Waals surface area contributed by atoms with Gasteiger partial charge in [-0.05, 0) is 19.1 Å². The number of benzene rings is 2. The average Bonchev–Trinajstić information content (AvgIpc) is 3.08. The maximum Gasteiger partial charge on any atom is 0.326 e. The molecule has 0 N–H and O–H groups in total. The number of fused-ring (bicyclic) bond motifs is 1. The Bertz CT molecular complexity index is 1210. The van der Waals surface area contributed by atoms with E-state index in [-0.39, 0.29) is 29.2 Å². The summed E-state index contributed by atoms with van der Waals surface area (Å²) in [6, 6.07) is 8.55. The number of hydrogen-bond acceptors (Lipinski definition) is 8. The lowest BCUT2D eigenvalue weighted by Gasteiger charge is -2.09. The number of esters is 1. The van der Waals surface area contributed by atoms with Crippen molar-refractivity contribution in [3.05, 3.63) is 56.9 Å². The fourth-order valence-electron chi connectivity index (χ4n) is 2.85. The molecule has 0 atom stereocenters. The Hall–Kier alpha value is -3.73. The van der Waals surface area contributed by atoms with Gasteiger partial charge < -0.3 is 18.8 Å². The number of methoxy groups -OCH3 is 2. The van der Waals surface area contributed by atoms with E-state index in [1.165, 1.54) is 49.8 Å². The minimum atomic E-state index is -0.599. The number of carbonyl (C=O) groups is 2. The van der Waals surface area contributed by atoms with Crippen LogP contribution in [0.15, 0.2) is 41.4 Å². The van der Waals surface area contributed by atoms with Crippen LogP contribution in [0.4, 0.5) is 5.69 Å². The topological polar surface area (TPSA) is 122 Å². The molecule has 31 heavy (non-hydrogen) atoms. The molecule has 1 aromatic heterocycles. The number of non-ortho nitro benzene ring substituents is 1. The molecule has 10 nitrogen and oxygen atoms in total. The number of rotatable bonds is 7. The Kier molecular flexibility index (Phi) is 6.65. The summed E-state index contributed by atoms with van der Waals surface area (Å²) in [6.45, 7) is 1.76. The number of ether oxygens (including phenoxy) is 3. The molecule has 0 aliphatic carbocycles. The van der Waals surface area contributed by atoms with Crippen molar-refractivity contribution in [1.82, 2.24) is 4.57 Å². The van der Waals surface area contributed by atoms with Crippen molar-refractivity contribution in [1.29, 1.82) is 0 Å². The Labute approximate surface area is 180 Å². The zero-order valence-electron chi connectivity index (χ0n) is 17.0. The third-order valence-electron chi connectivity index (χ3n) is 4.30. The van der Waals surface area contributed by atoms with Crippen LogP contribution in [0.2, 0.25) is 0 Å². The van der Waals surface area contributed by atoms with Gasteiger partial charge in [-0.3, -0.25) is 19.7 Å². The molecule has 0 saturated heterocycles. The first-order chi connectivity index (χ1) is 14.9. The number of amides is 1. The van der Waals surface area contributed by atoms with Crippen LogP contribution in [0.3, 0.4) is 0 Å². The molecule has 3 rings (SSSR count). The van der Waals surface area contributed by atoms with Crippen molar-refractivity contribution in [2.45, 2.75) is 13.5 Å². The van der Waals surface area contributed by atoms with Gasteiger partial charge in [-0.1, -0.05) is 11.3 Å². The van der Waals surface area contributed by atoms with Gasteiger partial charge in [0.1, 0.15) is 6.54 Å². The lowest BCUT2D eigenvalue weighted by atomic mass is 10.2. The second-order valence-electron chi connectivity index (χ2n) is 6.17. The largest absolute Gasteiger partial charge is 0.493 e. The number of thiazole rings is 1. The monoisotopic (exact) mass is 445 g/mol. The molecule has 0 fully saturated rings. The van der Waals surface area contributed by atoms with Crippen LogP contribution in [-0.4, -0.2) is 42.2 Å². The molecule has 1 heterocycles. The predicted molar refractivity (Wildman–Crippen MR) is 113 cm³/mol. The Morgan fingerprint density at radius 1 is 1.13 bits per heavy atom. The minimum Gasteiger partial charge on any atom is -0.493 e. The highest BCUT2D eigenvalue weighted by atomic mass is 32.1. The van der Waals surface area contributed by atoms with Crippen molar-refractivity contribution < 1.29 is 28.7 Å². The summed E-state index contributed by atoms with van der Waals surface area (Å²) < 4.78 is 18.0. The highest BCUT2D eigenvalue weighted by Gasteiger charge is 2.16. The summed E-state index contributed by atoms with van der Waals surface area (Å²) in [5.74, 6) is -0.134. The summed E-state index contributed by atoms with van der Waals surface area (Å²) in [7, 11) is 3.00. The first kappa shape index (κ1) is 22.0. The van der Waals surface area contributed by atoms with Crippen LogP contribution in [0.5, 0.6) is 11.5 Å². The quantitative estimate of drug-likeness (QED) is 0.311. The summed E-state index contributed by atoms with van der Waals surface area (Å²) in [5, 5.41) is 10.8. The smallest absolute Gasteiger partial charge is 0.326 e. The van der Waals surface area contributed by atoms with E-state index in [1.807, 2.05) is 0 Å². The molecule has 0 spiro atoms. The number of nitro groups is 1. The van der Waals surface area contributed by atoms with E-state index in [2.05, 4.69) is 4.99 Å². The zero-order valence-corrected chi connectivity index (χ0v) is 17.8. The number of carbonyl (C=O) groups excluding carboxylic acids is 2. The summed E-state index contributed by atoms with van der Waals surface area (Å²) in [4.78, 5) is 39.5. The van der Waals surface area contributed by atoms with Crippen molar-refractivity contribution in [3.63, 3.8) is 0 Å². The summed E-state index contributed by atoms with van der Waals surface area (Å²) >= 11 is 1.19. The number of hydrogen-bond donors (Lipinski definition) is 0. The molecule has 1 amide bonds. The lowest BCUT2D eigenvalue weighted by Crippen LogP contribution is -2.23. The summed E-state index contributed by atoms with van der Waals surface area (Å²) in [6.07, 6.45) is 0. The van der Waals surface area contributed by atoms with E-state index in [0.29, 0.717) is 17.0 Å². The van der Waals surface area contributed by atoms with Gasteiger partial charge in [-0.2, -0.15) is 4.99 Å². The maximum atomic E-state index is 12.7. The molecule has 0 saturated carbocycles. The van der Waals surface area contributed by atoms with Gasteiger partial charge in [0.15, 0.2) is 16.3 Å². The normalized spacial score (nSPS) is 11.4. The predicted octanol–water partition coefficient (Wildman–Crippen LogP) is 2.93. The van der Waals surface area contributed by atoms with Gasteiger partial charge in [-0.25, -0.2) is 0 Å². The van der Waals surface area contributed by atoms with Gasteiger partial charge >= 0.3 is 5.97 Å². The van der Waals surface area contributed by atoms with E-state index in [9.17, 15) is 19.7 Å². The maximum absolute atomic E-state index is 12.7.